The fourth-order valence-electron chi connectivity index (χ4n) is 2.59. The summed E-state index contributed by atoms with van der Waals surface area (Å²) in [4.78, 5) is 24.3. The number of carbonyl (C=O) groups excluding carboxylic acids is 2. The van der Waals surface area contributed by atoms with Crippen molar-refractivity contribution >= 4 is 35.1 Å². The number of Topliss-reactive ketones (excluding diaryl/α,β-unsaturated/α-hetero) is 1. The topological polar surface area (TPSA) is 43.4 Å². The lowest BCUT2D eigenvalue weighted by atomic mass is 9.95. The molecule has 1 unspecified atom stereocenters. The summed E-state index contributed by atoms with van der Waals surface area (Å²) in [6.45, 7) is 2.11. The first kappa shape index (κ1) is 16.1. The van der Waals surface area contributed by atoms with Gasteiger partial charge in [0.1, 0.15) is 5.25 Å². The standard InChI is InChI=1S/C18H15ClO3S/c1-2-22-18(21)17-14-8-5-12(9-15(14)16(20)10-23-17)11-3-6-13(19)7-4-11/h3-9,17H,2,10H2,1H3. The molecule has 0 N–H and O–H groups in total. The molecule has 23 heavy (non-hydrogen) atoms. The highest BCUT2D eigenvalue weighted by molar-refractivity contribution is 8.01. The van der Waals surface area contributed by atoms with Gasteiger partial charge in [0.2, 0.25) is 0 Å². The first-order valence-electron chi connectivity index (χ1n) is 7.31. The molecule has 118 valence electrons. The van der Waals surface area contributed by atoms with Crippen molar-refractivity contribution in [3.8, 4) is 11.1 Å². The van der Waals surface area contributed by atoms with Crippen molar-refractivity contribution in [2.45, 2.75) is 12.2 Å². The van der Waals surface area contributed by atoms with Crippen LogP contribution in [0, 0.1) is 0 Å². The maximum Gasteiger partial charge on any atom is 0.323 e. The second-order valence-corrected chi connectivity index (χ2v) is 6.71. The molecule has 0 spiro atoms. The minimum absolute atomic E-state index is 0.0429. The Balaban J connectivity index is 2.00. The fourth-order valence-corrected chi connectivity index (χ4v) is 3.78. The molecule has 1 aliphatic heterocycles. The van der Waals surface area contributed by atoms with E-state index in [-0.39, 0.29) is 11.8 Å². The second kappa shape index (κ2) is 6.77. The first-order valence-corrected chi connectivity index (χ1v) is 8.74. The Bertz CT molecular complexity index is 755. The van der Waals surface area contributed by atoms with Crippen LogP contribution in [0.15, 0.2) is 42.5 Å². The number of carbonyl (C=O) groups is 2. The number of rotatable bonds is 3. The molecule has 0 saturated carbocycles. The quantitative estimate of drug-likeness (QED) is 0.765. The van der Waals surface area contributed by atoms with Gasteiger partial charge in [0, 0.05) is 10.6 Å². The molecule has 0 amide bonds. The molecule has 0 radical (unpaired) electrons. The summed E-state index contributed by atoms with van der Waals surface area (Å²) in [5, 5.41) is 0.239. The highest BCUT2D eigenvalue weighted by Crippen LogP contribution is 2.39. The van der Waals surface area contributed by atoms with Crippen LogP contribution < -0.4 is 0 Å². The summed E-state index contributed by atoms with van der Waals surface area (Å²) in [6, 6.07) is 13.1. The number of esters is 1. The highest BCUT2D eigenvalue weighted by atomic mass is 35.5. The molecule has 2 aromatic carbocycles. The van der Waals surface area contributed by atoms with Crippen molar-refractivity contribution in [1.29, 1.82) is 0 Å². The first-order chi connectivity index (χ1) is 11.1. The van der Waals surface area contributed by atoms with E-state index >= 15 is 0 Å². The fraction of sp³-hybridized carbons (Fsp3) is 0.222. The Morgan fingerprint density at radius 2 is 1.91 bits per heavy atom. The average Bonchev–Trinajstić information content (AvgIpc) is 2.56. The van der Waals surface area contributed by atoms with Crippen LogP contribution >= 0.6 is 23.4 Å². The lowest BCUT2D eigenvalue weighted by Gasteiger charge is -2.23. The zero-order valence-electron chi connectivity index (χ0n) is 12.5. The number of ether oxygens (including phenoxy) is 1. The van der Waals surface area contributed by atoms with Gasteiger partial charge in [0.15, 0.2) is 5.78 Å². The number of halogens is 1. The van der Waals surface area contributed by atoms with Gasteiger partial charge in [-0.05, 0) is 41.8 Å². The van der Waals surface area contributed by atoms with Crippen LogP contribution in [-0.2, 0) is 9.53 Å². The molecular formula is C18H15ClO3S. The number of fused-ring (bicyclic) bond motifs is 1. The molecule has 3 rings (SSSR count). The predicted molar refractivity (Wildman–Crippen MR) is 93.1 cm³/mol. The normalized spacial score (nSPS) is 16.8. The van der Waals surface area contributed by atoms with Crippen molar-refractivity contribution in [2.24, 2.45) is 0 Å². The molecule has 1 atom stereocenters. The molecule has 1 aliphatic rings. The van der Waals surface area contributed by atoms with Crippen LogP contribution in [0.2, 0.25) is 5.02 Å². The lowest BCUT2D eigenvalue weighted by Crippen LogP contribution is -2.22. The summed E-state index contributed by atoms with van der Waals surface area (Å²) in [5.74, 6) is 0.0486. The van der Waals surface area contributed by atoms with Crippen molar-refractivity contribution in [3.63, 3.8) is 0 Å². The number of hydrogen-bond donors (Lipinski definition) is 0. The third kappa shape index (κ3) is 3.28. The summed E-state index contributed by atoms with van der Waals surface area (Å²) < 4.78 is 5.12. The molecule has 0 aromatic heterocycles. The SMILES string of the molecule is CCOC(=O)C1SCC(=O)c2cc(-c3ccc(Cl)cc3)ccc21. The van der Waals surface area contributed by atoms with Gasteiger partial charge in [0.05, 0.1) is 12.4 Å². The lowest BCUT2D eigenvalue weighted by molar-refractivity contribution is -0.142. The smallest absolute Gasteiger partial charge is 0.323 e. The third-order valence-electron chi connectivity index (χ3n) is 3.70. The van der Waals surface area contributed by atoms with Crippen LogP contribution in [0.1, 0.15) is 28.1 Å². The average molecular weight is 347 g/mol. The van der Waals surface area contributed by atoms with Crippen LogP contribution in [-0.4, -0.2) is 24.1 Å². The summed E-state index contributed by atoms with van der Waals surface area (Å²) in [7, 11) is 0. The third-order valence-corrected chi connectivity index (χ3v) is 5.16. The molecule has 0 saturated heterocycles. The van der Waals surface area contributed by atoms with E-state index in [0.717, 1.165) is 16.7 Å². The maximum absolute atomic E-state index is 12.3. The molecule has 0 fully saturated rings. The van der Waals surface area contributed by atoms with Crippen molar-refractivity contribution in [3.05, 3.63) is 58.6 Å². The Morgan fingerprint density at radius 3 is 2.61 bits per heavy atom. The van der Waals surface area contributed by atoms with Gasteiger partial charge in [0.25, 0.3) is 0 Å². The van der Waals surface area contributed by atoms with Gasteiger partial charge < -0.3 is 4.74 Å². The maximum atomic E-state index is 12.3. The molecular weight excluding hydrogens is 332 g/mol. The highest BCUT2D eigenvalue weighted by Gasteiger charge is 2.32. The Hall–Kier alpha value is -1.78. The van der Waals surface area contributed by atoms with Crippen molar-refractivity contribution in [2.75, 3.05) is 12.4 Å². The largest absolute Gasteiger partial charge is 0.465 e. The van der Waals surface area contributed by atoms with Crippen LogP contribution in [0.3, 0.4) is 0 Å². The zero-order valence-corrected chi connectivity index (χ0v) is 14.1. The molecule has 3 nitrogen and oxygen atoms in total. The number of benzene rings is 2. The van der Waals surface area contributed by atoms with Gasteiger partial charge in [-0.25, -0.2) is 0 Å². The minimum Gasteiger partial charge on any atom is -0.465 e. The molecule has 0 bridgehead atoms. The molecule has 5 heteroatoms. The summed E-state index contributed by atoms with van der Waals surface area (Å²) in [6.07, 6.45) is 0. The van der Waals surface area contributed by atoms with E-state index in [0.29, 0.717) is 22.9 Å². The minimum atomic E-state index is -0.429. The molecule has 0 aliphatic carbocycles. The van der Waals surface area contributed by atoms with Crippen molar-refractivity contribution < 1.29 is 14.3 Å². The van der Waals surface area contributed by atoms with Gasteiger partial charge in [-0.1, -0.05) is 35.9 Å². The van der Waals surface area contributed by atoms with Crippen molar-refractivity contribution in [1.82, 2.24) is 0 Å². The number of ketones is 1. The molecule has 1 heterocycles. The second-order valence-electron chi connectivity index (χ2n) is 5.18. The van der Waals surface area contributed by atoms with Gasteiger partial charge >= 0.3 is 5.97 Å². The van der Waals surface area contributed by atoms with E-state index in [1.165, 1.54) is 11.8 Å². The van der Waals surface area contributed by atoms with Crippen LogP contribution in [0.5, 0.6) is 0 Å². The zero-order chi connectivity index (χ0) is 16.4. The number of hydrogen-bond acceptors (Lipinski definition) is 4. The van der Waals surface area contributed by atoms with Crippen LogP contribution in [0.4, 0.5) is 0 Å². The molecule has 2 aromatic rings. The predicted octanol–water partition coefficient (Wildman–Crippen LogP) is 4.54. The monoisotopic (exact) mass is 346 g/mol. The van der Waals surface area contributed by atoms with Gasteiger partial charge in [-0.15, -0.1) is 11.8 Å². The summed E-state index contributed by atoms with van der Waals surface area (Å²) in [5.41, 5.74) is 3.26. The van der Waals surface area contributed by atoms with Crippen LogP contribution in [0.25, 0.3) is 11.1 Å². The Labute approximate surface area is 144 Å². The van der Waals surface area contributed by atoms with Gasteiger partial charge in [-0.3, -0.25) is 9.59 Å². The number of thioether (sulfide) groups is 1. The van der Waals surface area contributed by atoms with E-state index in [2.05, 4.69) is 0 Å². The Kier molecular flexibility index (Phi) is 4.74. The van der Waals surface area contributed by atoms with E-state index in [9.17, 15) is 9.59 Å². The van der Waals surface area contributed by atoms with E-state index in [1.54, 1.807) is 6.92 Å². The van der Waals surface area contributed by atoms with E-state index in [4.69, 9.17) is 16.3 Å². The van der Waals surface area contributed by atoms with E-state index in [1.807, 2.05) is 42.5 Å². The summed E-state index contributed by atoms with van der Waals surface area (Å²) >= 11 is 7.24. The Morgan fingerprint density at radius 1 is 1.22 bits per heavy atom. The van der Waals surface area contributed by atoms with Gasteiger partial charge in [-0.2, -0.15) is 0 Å². The van der Waals surface area contributed by atoms with E-state index < -0.39 is 5.25 Å².